The van der Waals surface area contributed by atoms with Gasteiger partial charge in [0.05, 0.1) is 27.8 Å². The van der Waals surface area contributed by atoms with E-state index in [1.54, 1.807) is 0 Å². The molecule has 1 aliphatic heterocycles. The van der Waals surface area contributed by atoms with Crippen molar-refractivity contribution >= 4 is 33.5 Å². The minimum absolute atomic E-state index is 0.0177. The van der Waals surface area contributed by atoms with Crippen LogP contribution in [-0.4, -0.2) is 53.7 Å². The number of aromatic nitrogens is 1. The number of carbonyl (C=O) groups excluding carboxylic acids is 1. The molecule has 0 aliphatic carbocycles. The smallest absolute Gasteiger partial charge is 0.335 e. The van der Waals surface area contributed by atoms with Gasteiger partial charge in [0.15, 0.2) is 9.84 Å². The SMILES string of the molecule is O=C(CSc1cc(C(=O)O)ccn1)NC1CCS(=O)(=O)C1. The maximum Gasteiger partial charge on any atom is 0.335 e. The van der Waals surface area contributed by atoms with E-state index in [9.17, 15) is 18.0 Å². The van der Waals surface area contributed by atoms with Gasteiger partial charge in [0, 0.05) is 12.2 Å². The van der Waals surface area contributed by atoms with Gasteiger partial charge in [-0.05, 0) is 18.6 Å². The normalized spacial score (nSPS) is 20.1. The van der Waals surface area contributed by atoms with Crippen LogP contribution in [-0.2, 0) is 14.6 Å². The monoisotopic (exact) mass is 330 g/mol. The Bertz CT molecular complexity index is 659. The number of pyridine rings is 1. The van der Waals surface area contributed by atoms with Crippen molar-refractivity contribution in [1.82, 2.24) is 10.3 Å². The maximum absolute atomic E-state index is 11.7. The quantitative estimate of drug-likeness (QED) is 0.740. The van der Waals surface area contributed by atoms with E-state index in [0.29, 0.717) is 11.4 Å². The average Bonchev–Trinajstić information content (AvgIpc) is 2.76. The van der Waals surface area contributed by atoms with Gasteiger partial charge < -0.3 is 10.4 Å². The number of aromatic carboxylic acids is 1. The van der Waals surface area contributed by atoms with E-state index in [1.165, 1.54) is 18.3 Å². The van der Waals surface area contributed by atoms with E-state index in [-0.39, 0.29) is 34.8 Å². The first-order valence-corrected chi connectivity index (χ1v) is 8.98. The summed E-state index contributed by atoms with van der Waals surface area (Å²) in [6, 6.07) is 2.43. The van der Waals surface area contributed by atoms with Gasteiger partial charge in [0.25, 0.3) is 0 Å². The van der Waals surface area contributed by atoms with Crippen molar-refractivity contribution in [1.29, 1.82) is 0 Å². The Morgan fingerprint density at radius 2 is 2.24 bits per heavy atom. The summed E-state index contributed by atoms with van der Waals surface area (Å²) in [7, 11) is -3.02. The third-order valence-corrected chi connectivity index (χ3v) is 5.62. The van der Waals surface area contributed by atoms with Crippen molar-refractivity contribution in [2.24, 2.45) is 0 Å². The van der Waals surface area contributed by atoms with Gasteiger partial charge in [-0.15, -0.1) is 0 Å². The van der Waals surface area contributed by atoms with E-state index in [2.05, 4.69) is 10.3 Å². The summed E-state index contributed by atoms with van der Waals surface area (Å²) in [6.07, 6.45) is 1.80. The maximum atomic E-state index is 11.7. The molecule has 2 N–H and O–H groups in total. The molecule has 0 bridgehead atoms. The Balaban J connectivity index is 1.84. The van der Waals surface area contributed by atoms with Gasteiger partial charge in [-0.2, -0.15) is 0 Å². The zero-order valence-electron chi connectivity index (χ0n) is 11.0. The molecule has 1 amide bonds. The first-order valence-electron chi connectivity index (χ1n) is 6.18. The number of carbonyl (C=O) groups is 2. The summed E-state index contributed by atoms with van der Waals surface area (Å²) in [4.78, 5) is 26.5. The number of sulfone groups is 1. The van der Waals surface area contributed by atoms with Crippen molar-refractivity contribution in [3.05, 3.63) is 23.9 Å². The Morgan fingerprint density at radius 3 is 2.86 bits per heavy atom. The molecule has 1 atom stereocenters. The van der Waals surface area contributed by atoms with Crippen LogP contribution < -0.4 is 5.32 Å². The summed E-state index contributed by atoms with van der Waals surface area (Å²) in [5.74, 6) is -1.19. The molecule has 1 aromatic rings. The topological polar surface area (TPSA) is 113 Å². The van der Waals surface area contributed by atoms with Crippen LogP contribution in [0.4, 0.5) is 0 Å². The highest BCUT2D eigenvalue weighted by Gasteiger charge is 2.28. The van der Waals surface area contributed by atoms with Crippen LogP contribution in [0, 0.1) is 0 Å². The first kappa shape index (κ1) is 15.8. The van der Waals surface area contributed by atoms with E-state index in [0.717, 1.165) is 11.8 Å². The number of thioether (sulfide) groups is 1. The van der Waals surface area contributed by atoms with Crippen molar-refractivity contribution < 1.29 is 23.1 Å². The Hall–Kier alpha value is -1.61. The predicted molar refractivity (Wildman–Crippen MR) is 77.1 cm³/mol. The van der Waals surface area contributed by atoms with Gasteiger partial charge in [-0.1, -0.05) is 11.8 Å². The highest BCUT2D eigenvalue weighted by molar-refractivity contribution is 7.99. The fourth-order valence-electron chi connectivity index (χ4n) is 1.94. The van der Waals surface area contributed by atoms with Crippen LogP contribution in [0.3, 0.4) is 0 Å². The summed E-state index contributed by atoms with van der Waals surface area (Å²) in [5.41, 5.74) is 0.106. The number of nitrogens with zero attached hydrogens (tertiary/aromatic N) is 1. The Morgan fingerprint density at radius 1 is 1.48 bits per heavy atom. The molecule has 1 saturated heterocycles. The molecule has 0 saturated carbocycles. The minimum Gasteiger partial charge on any atom is -0.478 e. The van der Waals surface area contributed by atoms with E-state index in [4.69, 9.17) is 5.11 Å². The molecule has 114 valence electrons. The van der Waals surface area contributed by atoms with Crippen molar-refractivity contribution in [3.63, 3.8) is 0 Å². The summed E-state index contributed by atoms with van der Waals surface area (Å²) in [5, 5.41) is 11.9. The van der Waals surface area contributed by atoms with E-state index < -0.39 is 15.8 Å². The third kappa shape index (κ3) is 4.71. The third-order valence-electron chi connectivity index (χ3n) is 2.93. The first-order chi connectivity index (χ1) is 9.85. The number of hydrogen-bond acceptors (Lipinski definition) is 6. The molecule has 2 rings (SSSR count). The molecule has 0 radical (unpaired) electrons. The van der Waals surface area contributed by atoms with Crippen molar-refractivity contribution in [3.8, 4) is 0 Å². The van der Waals surface area contributed by atoms with E-state index in [1.807, 2.05) is 0 Å². The molecular formula is C12H14N2O5S2. The van der Waals surface area contributed by atoms with Crippen LogP contribution >= 0.6 is 11.8 Å². The lowest BCUT2D eigenvalue weighted by Crippen LogP contribution is -2.36. The number of amides is 1. The number of hydrogen-bond donors (Lipinski definition) is 2. The predicted octanol–water partition coefficient (Wildman–Crippen LogP) is 0.175. The highest BCUT2D eigenvalue weighted by Crippen LogP contribution is 2.17. The van der Waals surface area contributed by atoms with Crippen molar-refractivity contribution in [2.45, 2.75) is 17.5 Å². The van der Waals surface area contributed by atoms with Crippen LogP contribution in [0.25, 0.3) is 0 Å². The lowest BCUT2D eigenvalue weighted by atomic mass is 10.3. The van der Waals surface area contributed by atoms with Gasteiger partial charge >= 0.3 is 5.97 Å². The van der Waals surface area contributed by atoms with Gasteiger partial charge in [0.1, 0.15) is 0 Å². The number of rotatable bonds is 5. The molecule has 1 fully saturated rings. The molecule has 9 heteroatoms. The van der Waals surface area contributed by atoms with Gasteiger partial charge in [0.2, 0.25) is 5.91 Å². The zero-order chi connectivity index (χ0) is 15.5. The largest absolute Gasteiger partial charge is 0.478 e. The second-order valence-corrected chi connectivity index (χ2v) is 7.87. The minimum atomic E-state index is -3.02. The second-order valence-electron chi connectivity index (χ2n) is 4.64. The molecule has 0 spiro atoms. The summed E-state index contributed by atoms with van der Waals surface area (Å²) < 4.78 is 22.6. The average molecular weight is 330 g/mol. The zero-order valence-corrected chi connectivity index (χ0v) is 12.6. The molecule has 7 nitrogen and oxygen atoms in total. The van der Waals surface area contributed by atoms with Crippen LogP contribution in [0.5, 0.6) is 0 Å². The van der Waals surface area contributed by atoms with Gasteiger partial charge in [-0.25, -0.2) is 18.2 Å². The standard InChI is InChI=1S/C12H14N2O5S2/c15-10(14-9-2-4-21(18,19)7-9)6-20-11-5-8(12(16)17)1-3-13-11/h1,3,5,9H,2,4,6-7H2,(H,14,15)(H,16,17). The van der Waals surface area contributed by atoms with Crippen LogP contribution in [0.2, 0.25) is 0 Å². The van der Waals surface area contributed by atoms with Crippen molar-refractivity contribution in [2.75, 3.05) is 17.3 Å². The highest BCUT2D eigenvalue weighted by atomic mass is 32.2. The van der Waals surface area contributed by atoms with Crippen LogP contribution in [0.1, 0.15) is 16.8 Å². The fraction of sp³-hybridized carbons (Fsp3) is 0.417. The molecule has 1 aliphatic rings. The lowest BCUT2D eigenvalue weighted by molar-refractivity contribution is -0.119. The lowest BCUT2D eigenvalue weighted by Gasteiger charge is -2.10. The fourth-order valence-corrected chi connectivity index (χ4v) is 4.32. The van der Waals surface area contributed by atoms with Gasteiger partial charge in [-0.3, -0.25) is 4.79 Å². The molecular weight excluding hydrogens is 316 g/mol. The number of nitrogens with one attached hydrogen (secondary N) is 1. The number of carboxylic acid groups (broad SMARTS) is 1. The summed E-state index contributed by atoms with van der Waals surface area (Å²) >= 11 is 1.11. The molecule has 1 unspecified atom stereocenters. The Kier molecular flexibility index (Phi) is 4.84. The van der Waals surface area contributed by atoms with Crippen LogP contribution in [0.15, 0.2) is 23.4 Å². The van der Waals surface area contributed by atoms with E-state index >= 15 is 0 Å². The molecule has 0 aromatic carbocycles. The summed E-state index contributed by atoms with van der Waals surface area (Å²) in [6.45, 7) is 0. The number of carboxylic acids is 1. The Labute approximate surface area is 126 Å². The molecule has 21 heavy (non-hydrogen) atoms. The second kappa shape index (κ2) is 6.44. The molecule has 2 heterocycles. The molecule has 1 aromatic heterocycles.